The Morgan fingerprint density at radius 3 is 2.80 bits per heavy atom. The summed E-state index contributed by atoms with van der Waals surface area (Å²) in [6, 6.07) is 9.95. The highest BCUT2D eigenvalue weighted by Gasteiger charge is 2.22. The molecule has 0 radical (unpaired) electrons. The molecule has 1 aliphatic heterocycles. The molecule has 0 spiro atoms. The van der Waals surface area contributed by atoms with E-state index in [2.05, 4.69) is 18.0 Å². The van der Waals surface area contributed by atoms with E-state index in [0.717, 1.165) is 24.1 Å². The summed E-state index contributed by atoms with van der Waals surface area (Å²) < 4.78 is 5.34. The SMILES string of the molecule is CCCC1C=CC(C(C)C(=O)OCc2ccccc2)=N1. The van der Waals surface area contributed by atoms with Crippen LogP contribution in [0.5, 0.6) is 0 Å². The van der Waals surface area contributed by atoms with Crippen molar-refractivity contribution in [2.75, 3.05) is 0 Å². The summed E-state index contributed by atoms with van der Waals surface area (Å²) in [5.41, 5.74) is 1.84. The van der Waals surface area contributed by atoms with Crippen LogP contribution in [-0.4, -0.2) is 17.7 Å². The van der Waals surface area contributed by atoms with E-state index in [4.69, 9.17) is 4.74 Å². The first-order chi connectivity index (χ1) is 9.70. The molecule has 1 heterocycles. The number of nitrogens with zero attached hydrogens (tertiary/aromatic N) is 1. The lowest BCUT2D eigenvalue weighted by atomic mass is 10.1. The lowest BCUT2D eigenvalue weighted by molar-refractivity contribution is -0.146. The maximum absolute atomic E-state index is 12.0. The minimum absolute atomic E-state index is 0.214. The monoisotopic (exact) mass is 271 g/mol. The van der Waals surface area contributed by atoms with Gasteiger partial charge in [0.25, 0.3) is 0 Å². The number of carbonyl (C=O) groups is 1. The number of carbonyl (C=O) groups excluding carboxylic acids is 1. The molecule has 1 aromatic rings. The Morgan fingerprint density at radius 1 is 1.35 bits per heavy atom. The normalized spacial score (nSPS) is 18.7. The highest BCUT2D eigenvalue weighted by atomic mass is 16.5. The van der Waals surface area contributed by atoms with E-state index < -0.39 is 0 Å². The van der Waals surface area contributed by atoms with Crippen molar-refractivity contribution in [3.05, 3.63) is 48.0 Å². The second-order valence-electron chi connectivity index (χ2n) is 5.08. The van der Waals surface area contributed by atoms with Crippen LogP contribution >= 0.6 is 0 Å². The predicted molar refractivity (Wildman–Crippen MR) is 80.7 cm³/mol. The second kappa shape index (κ2) is 7.04. The quantitative estimate of drug-likeness (QED) is 0.742. The minimum Gasteiger partial charge on any atom is -0.460 e. The van der Waals surface area contributed by atoms with E-state index in [-0.39, 0.29) is 17.9 Å². The molecule has 20 heavy (non-hydrogen) atoms. The first kappa shape index (κ1) is 14.5. The van der Waals surface area contributed by atoms with Crippen LogP contribution in [-0.2, 0) is 16.1 Å². The standard InChI is InChI=1S/C17H21NO2/c1-3-7-15-10-11-16(18-15)13(2)17(19)20-12-14-8-5-4-6-9-14/h4-6,8-11,13,15H,3,7,12H2,1-2H3. The summed E-state index contributed by atoms with van der Waals surface area (Å²) in [5, 5.41) is 0. The van der Waals surface area contributed by atoms with Gasteiger partial charge in [-0.15, -0.1) is 0 Å². The Bertz CT molecular complexity index is 505. The first-order valence-electron chi connectivity index (χ1n) is 7.17. The largest absolute Gasteiger partial charge is 0.460 e. The van der Waals surface area contributed by atoms with Crippen LogP contribution in [0, 0.1) is 5.92 Å². The molecule has 1 aliphatic rings. The Hall–Kier alpha value is -1.90. The zero-order valence-corrected chi connectivity index (χ0v) is 12.1. The molecule has 0 amide bonds. The average Bonchev–Trinajstić information content (AvgIpc) is 2.94. The Kier molecular flexibility index (Phi) is 5.10. The fourth-order valence-electron chi connectivity index (χ4n) is 2.17. The summed E-state index contributed by atoms with van der Waals surface area (Å²) >= 11 is 0. The number of hydrogen-bond donors (Lipinski definition) is 0. The summed E-state index contributed by atoms with van der Waals surface area (Å²) in [6.07, 6.45) is 6.15. The van der Waals surface area contributed by atoms with Crippen molar-refractivity contribution < 1.29 is 9.53 Å². The van der Waals surface area contributed by atoms with Gasteiger partial charge in [0.05, 0.1) is 12.0 Å². The maximum atomic E-state index is 12.0. The molecule has 2 unspecified atom stereocenters. The smallest absolute Gasteiger partial charge is 0.315 e. The molecule has 0 saturated heterocycles. The van der Waals surface area contributed by atoms with Crippen LogP contribution in [0.1, 0.15) is 32.3 Å². The van der Waals surface area contributed by atoms with E-state index in [9.17, 15) is 4.79 Å². The van der Waals surface area contributed by atoms with Crippen molar-refractivity contribution >= 4 is 11.7 Å². The minimum atomic E-state index is -0.295. The molecular formula is C17H21NO2. The van der Waals surface area contributed by atoms with Crippen molar-refractivity contribution in [1.29, 1.82) is 0 Å². The van der Waals surface area contributed by atoms with Gasteiger partial charge in [-0.25, -0.2) is 0 Å². The van der Waals surface area contributed by atoms with Gasteiger partial charge in [-0.1, -0.05) is 49.8 Å². The van der Waals surface area contributed by atoms with Crippen molar-refractivity contribution in [2.24, 2.45) is 10.9 Å². The number of allylic oxidation sites excluding steroid dienone is 1. The lowest BCUT2D eigenvalue weighted by Gasteiger charge is -2.11. The van der Waals surface area contributed by atoms with Gasteiger partial charge >= 0.3 is 5.97 Å². The molecular weight excluding hydrogens is 250 g/mol. The second-order valence-corrected chi connectivity index (χ2v) is 5.08. The Labute approximate surface area is 120 Å². The molecule has 1 aromatic carbocycles. The zero-order valence-electron chi connectivity index (χ0n) is 12.1. The van der Waals surface area contributed by atoms with Crippen LogP contribution in [0.3, 0.4) is 0 Å². The van der Waals surface area contributed by atoms with Gasteiger partial charge in [0.15, 0.2) is 0 Å². The molecule has 106 valence electrons. The van der Waals surface area contributed by atoms with Gasteiger partial charge in [-0.2, -0.15) is 0 Å². The maximum Gasteiger partial charge on any atom is 0.315 e. The lowest BCUT2D eigenvalue weighted by Crippen LogP contribution is -2.21. The van der Waals surface area contributed by atoms with Crippen LogP contribution < -0.4 is 0 Å². The van der Waals surface area contributed by atoms with Gasteiger partial charge in [0.2, 0.25) is 0 Å². The van der Waals surface area contributed by atoms with Crippen LogP contribution in [0.25, 0.3) is 0 Å². The van der Waals surface area contributed by atoms with Gasteiger partial charge in [-0.3, -0.25) is 9.79 Å². The van der Waals surface area contributed by atoms with E-state index in [1.807, 2.05) is 43.3 Å². The molecule has 0 aliphatic carbocycles. The predicted octanol–water partition coefficient (Wildman–Crippen LogP) is 3.55. The molecule has 0 aromatic heterocycles. The number of benzene rings is 1. The zero-order chi connectivity index (χ0) is 14.4. The number of esters is 1. The number of aliphatic imine (C=N–C) groups is 1. The third-order valence-corrected chi connectivity index (χ3v) is 3.41. The van der Waals surface area contributed by atoms with E-state index in [1.54, 1.807) is 0 Å². The van der Waals surface area contributed by atoms with Crippen molar-refractivity contribution in [1.82, 2.24) is 0 Å². The van der Waals surface area contributed by atoms with Gasteiger partial charge < -0.3 is 4.74 Å². The molecule has 0 fully saturated rings. The Morgan fingerprint density at radius 2 is 2.10 bits per heavy atom. The fraction of sp³-hybridized carbons (Fsp3) is 0.412. The summed E-state index contributed by atoms with van der Waals surface area (Å²) in [6.45, 7) is 4.31. The fourth-order valence-corrected chi connectivity index (χ4v) is 2.17. The summed E-state index contributed by atoms with van der Waals surface area (Å²) in [5.74, 6) is -0.508. The van der Waals surface area contributed by atoms with Gasteiger partial charge in [0, 0.05) is 5.71 Å². The van der Waals surface area contributed by atoms with E-state index >= 15 is 0 Å². The Balaban J connectivity index is 1.87. The van der Waals surface area contributed by atoms with Crippen molar-refractivity contribution in [3.63, 3.8) is 0 Å². The summed E-state index contributed by atoms with van der Waals surface area (Å²) in [4.78, 5) is 16.6. The van der Waals surface area contributed by atoms with Gasteiger partial charge in [0.1, 0.15) is 6.61 Å². The van der Waals surface area contributed by atoms with E-state index in [0.29, 0.717) is 6.61 Å². The van der Waals surface area contributed by atoms with E-state index in [1.165, 1.54) is 0 Å². The van der Waals surface area contributed by atoms with Crippen molar-refractivity contribution in [3.8, 4) is 0 Å². The molecule has 0 saturated carbocycles. The molecule has 2 atom stereocenters. The first-order valence-corrected chi connectivity index (χ1v) is 7.17. The van der Waals surface area contributed by atoms with Crippen LogP contribution in [0.15, 0.2) is 47.5 Å². The van der Waals surface area contributed by atoms with Crippen molar-refractivity contribution in [2.45, 2.75) is 39.3 Å². The van der Waals surface area contributed by atoms with Gasteiger partial charge in [-0.05, 0) is 25.0 Å². The number of ether oxygens (including phenoxy) is 1. The number of hydrogen-bond acceptors (Lipinski definition) is 3. The molecule has 0 bridgehead atoms. The van der Waals surface area contributed by atoms with Crippen LogP contribution in [0.4, 0.5) is 0 Å². The highest BCUT2D eigenvalue weighted by molar-refractivity contribution is 6.09. The van der Waals surface area contributed by atoms with Crippen LogP contribution in [0.2, 0.25) is 0 Å². The molecule has 0 N–H and O–H groups in total. The topological polar surface area (TPSA) is 38.7 Å². The molecule has 2 rings (SSSR count). The highest BCUT2D eigenvalue weighted by Crippen LogP contribution is 2.16. The third kappa shape index (κ3) is 3.80. The molecule has 3 heteroatoms. The third-order valence-electron chi connectivity index (χ3n) is 3.41. The molecule has 3 nitrogen and oxygen atoms in total. The number of rotatable bonds is 6. The summed E-state index contributed by atoms with van der Waals surface area (Å²) in [7, 11) is 0. The average molecular weight is 271 g/mol.